The van der Waals surface area contributed by atoms with Gasteiger partial charge in [0.2, 0.25) is 0 Å². The van der Waals surface area contributed by atoms with Crippen molar-refractivity contribution in [3.63, 3.8) is 0 Å². The quantitative estimate of drug-likeness (QED) is 0.472. The molecule has 0 saturated carbocycles. The van der Waals surface area contributed by atoms with Crippen molar-refractivity contribution in [3.8, 4) is 0 Å². The van der Waals surface area contributed by atoms with Crippen molar-refractivity contribution in [2.75, 3.05) is 0 Å². The number of ketones is 1. The Morgan fingerprint density at radius 1 is 1.69 bits per heavy atom. The summed E-state index contributed by atoms with van der Waals surface area (Å²) < 4.78 is 4.88. The third-order valence-corrected chi connectivity index (χ3v) is 2.28. The van der Waals surface area contributed by atoms with E-state index in [1.807, 2.05) is 0 Å². The number of Topliss-reactive ketones (excluding diaryl/α,β-unsaturated/α-hetero) is 1. The average molecular weight is 186 g/mol. The van der Waals surface area contributed by atoms with E-state index in [9.17, 15) is 14.7 Å². The first-order valence-corrected chi connectivity index (χ1v) is 4.28. The smallest absolute Gasteiger partial charge is 0.319 e. The van der Waals surface area contributed by atoms with Gasteiger partial charge in [0.1, 0.15) is 17.8 Å². The molecule has 1 N–H and O–H groups in total. The van der Waals surface area contributed by atoms with Gasteiger partial charge in [-0.05, 0) is 20.8 Å². The van der Waals surface area contributed by atoms with E-state index in [0.29, 0.717) is 6.42 Å². The average Bonchev–Trinajstić information content (AvgIpc) is 1.78. The molecule has 1 rings (SSSR count). The highest BCUT2D eigenvalue weighted by Gasteiger charge is 2.47. The number of rotatable bonds is 1. The summed E-state index contributed by atoms with van der Waals surface area (Å²) in [6.07, 6.45) is -0.0127. The maximum absolute atomic E-state index is 11.3. The second kappa shape index (κ2) is 3.10. The number of aliphatic hydroxyl groups is 1. The van der Waals surface area contributed by atoms with Crippen LogP contribution in [0.15, 0.2) is 0 Å². The van der Waals surface area contributed by atoms with Gasteiger partial charge < -0.3 is 9.84 Å². The Balaban J connectivity index is 2.92. The molecule has 0 amide bonds. The van der Waals surface area contributed by atoms with Crippen LogP contribution >= 0.6 is 0 Å². The molecule has 1 aliphatic rings. The third kappa shape index (κ3) is 1.88. The highest BCUT2D eigenvalue weighted by Crippen LogP contribution is 2.30. The van der Waals surface area contributed by atoms with E-state index in [1.165, 1.54) is 13.8 Å². The molecule has 0 aromatic carbocycles. The number of ether oxygens (including phenoxy) is 1. The van der Waals surface area contributed by atoms with Crippen molar-refractivity contribution in [3.05, 3.63) is 0 Å². The van der Waals surface area contributed by atoms with Crippen LogP contribution in [0, 0.1) is 5.92 Å². The van der Waals surface area contributed by atoms with Crippen LogP contribution in [-0.4, -0.2) is 28.6 Å². The van der Waals surface area contributed by atoms with Crippen LogP contribution in [0.5, 0.6) is 0 Å². The second-order valence-electron chi connectivity index (χ2n) is 3.85. The standard InChI is InChI=1S/C9H14O4/c1-5-4-9(3,12)7(6(2)10)8(11)13-5/h5,7,12H,4H2,1-3H3/t5-,7?,9?/m0/s1. The van der Waals surface area contributed by atoms with E-state index in [0.717, 1.165) is 0 Å². The lowest BCUT2D eigenvalue weighted by molar-refractivity contribution is -0.181. The maximum Gasteiger partial charge on any atom is 0.319 e. The number of carbonyl (C=O) groups is 2. The van der Waals surface area contributed by atoms with Gasteiger partial charge in [0.15, 0.2) is 0 Å². The zero-order chi connectivity index (χ0) is 10.2. The number of hydrogen-bond acceptors (Lipinski definition) is 4. The van der Waals surface area contributed by atoms with Crippen molar-refractivity contribution in [2.45, 2.75) is 38.9 Å². The van der Waals surface area contributed by atoms with Crippen LogP contribution in [0.3, 0.4) is 0 Å². The van der Waals surface area contributed by atoms with Crippen LogP contribution in [0.4, 0.5) is 0 Å². The van der Waals surface area contributed by atoms with Crippen LogP contribution in [0.2, 0.25) is 0 Å². The number of hydrogen-bond donors (Lipinski definition) is 1. The summed E-state index contributed by atoms with van der Waals surface area (Å²) in [6.45, 7) is 4.48. The lowest BCUT2D eigenvalue weighted by Crippen LogP contribution is -2.51. The molecule has 1 heterocycles. The molecule has 0 radical (unpaired) electrons. The van der Waals surface area contributed by atoms with Gasteiger partial charge in [-0.1, -0.05) is 0 Å². The largest absolute Gasteiger partial charge is 0.462 e. The van der Waals surface area contributed by atoms with Gasteiger partial charge in [-0.15, -0.1) is 0 Å². The van der Waals surface area contributed by atoms with Gasteiger partial charge in [0, 0.05) is 6.42 Å². The van der Waals surface area contributed by atoms with E-state index in [-0.39, 0.29) is 11.9 Å². The van der Waals surface area contributed by atoms with E-state index in [2.05, 4.69) is 0 Å². The fourth-order valence-electron chi connectivity index (χ4n) is 1.87. The normalized spacial score (nSPS) is 39.8. The lowest BCUT2D eigenvalue weighted by Gasteiger charge is -2.37. The predicted octanol–water partition coefficient (Wildman–Crippen LogP) is 0.278. The lowest BCUT2D eigenvalue weighted by atomic mass is 9.80. The summed E-state index contributed by atoms with van der Waals surface area (Å²) in [6, 6.07) is 0. The number of cyclic esters (lactones) is 1. The first-order valence-electron chi connectivity index (χ1n) is 4.28. The topological polar surface area (TPSA) is 63.6 Å². The first-order chi connectivity index (χ1) is 5.84. The minimum absolute atomic E-state index is 0.309. The zero-order valence-corrected chi connectivity index (χ0v) is 8.03. The minimum Gasteiger partial charge on any atom is -0.462 e. The molecule has 4 heteroatoms. The van der Waals surface area contributed by atoms with Crippen LogP contribution in [0.25, 0.3) is 0 Å². The van der Waals surface area contributed by atoms with Gasteiger partial charge in [0.05, 0.1) is 5.60 Å². The molecule has 74 valence electrons. The van der Waals surface area contributed by atoms with E-state index >= 15 is 0 Å². The van der Waals surface area contributed by atoms with Crippen LogP contribution in [0.1, 0.15) is 27.2 Å². The summed E-state index contributed by atoms with van der Waals surface area (Å²) in [5.41, 5.74) is -1.26. The van der Waals surface area contributed by atoms with Gasteiger partial charge in [-0.3, -0.25) is 9.59 Å². The molecule has 0 bridgehead atoms. The molecule has 0 aromatic heterocycles. The summed E-state index contributed by atoms with van der Waals surface area (Å²) >= 11 is 0. The molecular formula is C9H14O4. The first kappa shape index (κ1) is 10.2. The molecule has 1 fully saturated rings. The molecule has 0 aliphatic carbocycles. The second-order valence-corrected chi connectivity index (χ2v) is 3.85. The predicted molar refractivity (Wildman–Crippen MR) is 45.0 cm³/mol. The van der Waals surface area contributed by atoms with Crippen LogP contribution < -0.4 is 0 Å². The Morgan fingerprint density at radius 3 is 2.62 bits per heavy atom. The van der Waals surface area contributed by atoms with Crippen molar-refractivity contribution >= 4 is 11.8 Å². The summed E-state index contributed by atoms with van der Waals surface area (Å²) in [5.74, 6) is -1.98. The van der Waals surface area contributed by atoms with Gasteiger partial charge in [0.25, 0.3) is 0 Å². The Bertz CT molecular complexity index is 244. The third-order valence-electron chi connectivity index (χ3n) is 2.28. The van der Waals surface area contributed by atoms with Crippen molar-refractivity contribution in [1.29, 1.82) is 0 Å². The highest BCUT2D eigenvalue weighted by molar-refractivity contribution is 5.99. The van der Waals surface area contributed by atoms with Crippen molar-refractivity contribution < 1.29 is 19.4 Å². The Labute approximate surface area is 76.9 Å². The SMILES string of the molecule is CC(=O)C1C(=O)O[C@@H](C)CC1(C)O. The Hall–Kier alpha value is -0.900. The van der Waals surface area contributed by atoms with Crippen LogP contribution in [-0.2, 0) is 14.3 Å². The molecule has 13 heavy (non-hydrogen) atoms. The van der Waals surface area contributed by atoms with E-state index < -0.39 is 17.5 Å². The fraction of sp³-hybridized carbons (Fsp3) is 0.778. The Morgan fingerprint density at radius 2 is 2.23 bits per heavy atom. The van der Waals surface area contributed by atoms with E-state index in [1.54, 1.807) is 6.92 Å². The van der Waals surface area contributed by atoms with Crippen molar-refractivity contribution in [2.24, 2.45) is 5.92 Å². The van der Waals surface area contributed by atoms with Gasteiger partial charge in [-0.25, -0.2) is 0 Å². The summed E-state index contributed by atoms with van der Waals surface area (Å²) in [4.78, 5) is 22.3. The number of esters is 1. The molecule has 0 spiro atoms. The molecule has 4 nitrogen and oxygen atoms in total. The van der Waals surface area contributed by atoms with Crippen molar-refractivity contribution in [1.82, 2.24) is 0 Å². The molecule has 1 aliphatic heterocycles. The summed E-state index contributed by atoms with van der Waals surface area (Å²) in [7, 11) is 0. The molecule has 2 unspecified atom stereocenters. The summed E-state index contributed by atoms with van der Waals surface area (Å²) in [5, 5.41) is 9.82. The molecular weight excluding hydrogens is 172 g/mol. The Kier molecular flexibility index (Phi) is 2.43. The van der Waals surface area contributed by atoms with Gasteiger partial charge in [-0.2, -0.15) is 0 Å². The molecule has 0 aromatic rings. The monoisotopic (exact) mass is 186 g/mol. The number of carbonyl (C=O) groups excluding carboxylic acids is 2. The fourth-order valence-corrected chi connectivity index (χ4v) is 1.87. The molecule has 3 atom stereocenters. The van der Waals surface area contributed by atoms with E-state index in [4.69, 9.17) is 4.74 Å². The van der Waals surface area contributed by atoms with Gasteiger partial charge >= 0.3 is 5.97 Å². The zero-order valence-electron chi connectivity index (χ0n) is 8.03. The highest BCUT2D eigenvalue weighted by atomic mass is 16.5. The maximum atomic E-state index is 11.3. The minimum atomic E-state index is -1.26. The molecule has 1 saturated heterocycles.